The molecule has 0 spiro atoms. The van der Waals surface area contributed by atoms with Crippen LogP contribution >= 0.6 is 0 Å². The highest BCUT2D eigenvalue weighted by molar-refractivity contribution is 5.95. The van der Waals surface area contributed by atoms with Gasteiger partial charge in [0.25, 0.3) is 0 Å². The number of carbonyl (C=O) groups is 1. The number of hydrogen-bond donors (Lipinski definition) is 2. The molecule has 0 aliphatic carbocycles. The molecule has 3 rings (SSSR count). The number of benzene rings is 2. The normalized spacial score (nSPS) is 10.3. The third-order valence-corrected chi connectivity index (χ3v) is 3.50. The SMILES string of the molecule is CC(=O)c1cccc(Nc2cnnc(NCc3ccccc3F)n2)c1. The molecule has 0 aliphatic heterocycles. The predicted octanol–water partition coefficient (Wildman–Crippen LogP) is 3.57. The highest BCUT2D eigenvalue weighted by Gasteiger charge is 2.05. The fraction of sp³-hybridized carbons (Fsp3) is 0.111. The van der Waals surface area contributed by atoms with Crippen molar-refractivity contribution in [2.45, 2.75) is 13.5 Å². The van der Waals surface area contributed by atoms with Gasteiger partial charge in [0.15, 0.2) is 11.6 Å². The van der Waals surface area contributed by atoms with E-state index in [-0.39, 0.29) is 24.1 Å². The van der Waals surface area contributed by atoms with Gasteiger partial charge in [-0.05, 0) is 25.1 Å². The van der Waals surface area contributed by atoms with Gasteiger partial charge in [-0.2, -0.15) is 10.1 Å². The molecular weight excluding hydrogens is 321 g/mol. The number of rotatable bonds is 6. The van der Waals surface area contributed by atoms with Crippen molar-refractivity contribution >= 4 is 23.2 Å². The second kappa shape index (κ2) is 7.48. The molecule has 3 aromatic rings. The first-order valence-electron chi connectivity index (χ1n) is 7.67. The molecule has 0 saturated heterocycles. The maximum Gasteiger partial charge on any atom is 0.244 e. The summed E-state index contributed by atoms with van der Waals surface area (Å²) in [4.78, 5) is 15.7. The van der Waals surface area contributed by atoms with E-state index < -0.39 is 0 Å². The molecule has 6 nitrogen and oxygen atoms in total. The summed E-state index contributed by atoms with van der Waals surface area (Å²) >= 11 is 0. The Labute approximate surface area is 144 Å². The summed E-state index contributed by atoms with van der Waals surface area (Å²) in [5, 5.41) is 13.8. The summed E-state index contributed by atoms with van der Waals surface area (Å²) in [6.07, 6.45) is 1.47. The van der Waals surface area contributed by atoms with Gasteiger partial charge in [0.1, 0.15) is 5.82 Å². The Bertz CT molecular complexity index is 900. The van der Waals surface area contributed by atoms with Gasteiger partial charge in [0.05, 0.1) is 6.20 Å². The standard InChI is InChI=1S/C18H16FN5O/c1-12(25)13-6-4-7-15(9-13)22-17-11-21-24-18(23-17)20-10-14-5-2-3-8-16(14)19/h2-9,11H,10H2,1H3,(H2,20,22,23,24). The van der Waals surface area contributed by atoms with Crippen LogP contribution in [0, 0.1) is 5.82 Å². The molecule has 2 aromatic carbocycles. The number of anilines is 3. The van der Waals surface area contributed by atoms with E-state index >= 15 is 0 Å². The monoisotopic (exact) mass is 337 g/mol. The molecule has 1 heterocycles. The molecule has 0 atom stereocenters. The molecule has 1 aromatic heterocycles. The lowest BCUT2D eigenvalue weighted by atomic mass is 10.1. The first-order valence-corrected chi connectivity index (χ1v) is 7.67. The molecule has 0 saturated carbocycles. The zero-order valence-corrected chi connectivity index (χ0v) is 13.5. The summed E-state index contributed by atoms with van der Waals surface area (Å²) in [6, 6.07) is 13.6. The second-order valence-electron chi connectivity index (χ2n) is 5.37. The van der Waals surface area contributed by atoms with Gasteiger partial charge in [-0.15, -0.1) is 5.10 Å². The third-order valence-electron chi connectivity index (χ3n) is 3.50. The topological polar surface area (TPSA) is 79.8 Å². The number of carbonyl (C=O) groups excluding carboxylic acids is 1. The van der Waals surface area contributed by atoms with Crippen LogP contribution < -0.4 is 10.6 Å². The van der Waals surface area contributed by atoms with Crippen molar-refractivity contribution < 1.29 is 9.18 Å². The van der Waals surface area contributed by atoms with Gasteiger partial charge in [-0.3, -0.25) is 4.79 Å². The predicted molar refractivity (Wildman–Crippen MR) is 93.3 cm³/mol. The summed E-state index contributed by atoms with van der Waals surface area (Å²) in [6.45, 7) is 1.76. The van der Waals surface area contributed by atoms with Crippen molar-refractivity contribution in [3.05, 3.63) is 71.7 Å². The van der Waals surface area contributed by atoms with E-state index in [2.05, 4.69) is 25.8 Å². The minimum atomic E-state index is -0.293. The highest BCUT2D eigenvalue weighted by Crippen LogP contribution is 2.17. The average Bonchev–Trinajstić information content (AvgIpc) is 2.61. The molecule has 0 bridgehead atoms. The molecular formula is C18H16FN5O. The van der Waals surface area contributed by atoms with Gasteiger partial charge in [0, 0.05) is 23.4 Å². The lowest BCUT2D eigenvalue weighted by Gasteiger charge is -2.09. The molecule has 0 unspecified atom stereocenters. The second-order valence-corrected chi connectivity index (χ2v) is 5.37. The van der Waals surface area contributed by atoms with Gasteiger partial charge in [-0.1, -0.05) is 30.3 Å². The summed E-state index contributed by atoms with van der Waals surface area (Å²) in [5.41, 5.74) is 1.83. The fourth-order valence-corrected chi connectivity index (χ4v) is 2.22. The zero-order valence-electron chi connectivity index (χ0n) is 13.5. The first-order chi connectivity index (χ1) is 12.1. The lowest BCUT2D eigenvalue weighted by Crippen LogP contribution is -2.07. The molecule has 2 N–H and O–H groups in total. The van der Waals surface area contributed by atoms with E-state index in [9.17, 15) is 9.18 Å². The van der Waals surface area contributed by atoms with Crippen LogP contribution in [-0.4, -0.2) is 21.0 Å². The van der Waals surface area contributed by atoms with Gasteiger partial charge in [0.2, 0.25) is 5.95 Å². The number of aromatic nitrogens is 3. The van der Waals surface area contributed by atoms with Crippen LogP contribution in [0.25, 0.3) is 0 Å². The van der Waals surface area contributed by atoms with Gasteiger partial charge >= 0.3 is 0 Å². The van der Waals surface area contributed by atoms with E-state index in [0.717, 1.165) is 0 Å². The molecule has 25 heavy (non-hydrogen) atoms. The first kappa shape index (κ1) is 16.5. The average molecular weight is 337 g/mol. The maximum absolute atomic E-state index is 13.6. The van der Waals surface area contributed by atoms with Crippen LogP contribution in [0.5, 0.6) is 0 Å². The largest absolute Gasteiger partial charge is 0.349 e. The molecule has 7 heteroatoms. The number of nitrogens with one attached hydrogen (secondary N) is 2. The minimum absolute atomic E-state index is 0.0169. The Morgan fingerprint density at radius 3 is 2.80 bits per heavy atom. The van der Waals surface area contributed by atoms with E-state index in [1.807, 2.05) is 6.07 Å². The molecule has 0 amide bonds. The lowest BCUT2D eigenvalue weighted by molar-refractivity contribution is 0.101. The molecule has 0 fully saturated rings. The van der Waals surface area contributed by atoms with E-state index in [0.29, 0.717) is 22.6 Å². The molecule has 0 aliphatic rings. The van der Waals surface area contributed by atoms with Crippen LogP contribution in [0.2, 0.25) is 0 Å². The van der Waals surface area contributed by atoms with Crippen molar-refractivity contribution in [2.75, 3.05) is 10.6 Å². The van der Waals surface area contributed by atoms with E-state index in [4.69, 9.17) is 0 Å². The van der Waals surface area contributed by atoms with Crippen LogP contribution in [0.4, 0.5) is 21.8 Å². The Kier molecular flexibility index (Phi) is 4.94. The fourth-order valence-electron chi connectivity index (χ4n) is 2.22. The highest BCUT2D eigenvalue weighted by atomic mass is 19.1. The quantitative estimate of drug-likeness (QED) is 0.670. The Morgan fingerprint density at radius 2 is 2.00 bits per heavy atom. The van der Waals surface area contributed by atoms with Crippen LogP contribution in [0.3, 0.4) is 0 Å². The molecule has 0 radical (unpaired) electrons. The number of nitrogens with zero attached hydrogens (tertiary/aromatic N) is 3. The number of hydrogen-bond acceptors (Lipinski definition) is 6. The van der Waals surface area contributed by atoms with Crippen LogP contribution in [-0.2, 0) is 6.54 Å². The molecule has 126 valence electrons. The van der Waals surface area contributed by atoms with Gasteiger partial charge in [-0.25, -0.2) is 4.39 Å². The van der Waals surface area contributed by atoms with Crippen molar-refractivity contribution in [3.8, 4) is 0 Å². The third kappa shape index (κ3) is 4.35. The summed E-state index contributed by atoms with van der Waals surface area (Å²) in [5.74, 6) is 0.428. The van der Waals surface area contributed by atoms with Crippen molar-refractivity contribution in [2.24, 2.45) is 0 Å². The Hall–Kier alpha value is -3.35. The number of Topliss-reactive ketones (excluding diaryl/α,β-unsaturated/α-hetero) is 1. The Balaban J connectivity index is 1.70. The van der Waals surface area contributed by atoms with Crippen LogP contribution in [0.1, 0.15) is 22.8 Å². The van der Waals surface area contributed by atoms with Crippen molar-refractivity contribution in [1.29, 1.82) is 0 Å². The number of halogens is 1. The summed E-state index contributed by atoms with van der Waals surface area (Å²) in [7, 11) is 0. The minimum Gasteiger partial charge on any atom is -0.349 e. The summed E-state index contributed by atoms with van der Waals surface area (Å²) < 4.78 is 13.6. The van der Waals surface area contributed by atoms with E-state index in [1.54, 1.807) is 36.4 Å². The smallest absolute Gasteiger partial charge is 0.244 e. The maximum atomic E-state index is 13.6. The van der Waals surface area contributed by atoms with Crippen molar-refractivity contribution in [1.82, 2.24) is 15.2 Å². The Morgan fingerprint density at radius 1 is 1.16 bits per heavy atom. The van der Waals surface area contributed by atoms with Crippen molar-refractivity contribution in [3.63, 3.8) is 0 Å². The number of ketones is 1. The zero-order chi connectivity index (χ0) is 17.6. The van der Waals surface area contributed by atoms with Crippen LogP contribution in [0.15, 0.2) is 54.7 Å². The van der Waals surface area contributed by atoms with Gasteiger partial charge < -0.3 is 10.6 Å². The van der Waals surface area contributed by atoms with E-state index in [1.165, 1.54) is 19.2 Å².